The lowest BCUT2D eigenvalue weighted by Gasteiger charge is -2.35. The highest BCUT2D eigenvalue weighted by Crippen LogP contribution is 2.36. The summed E-state index contributed by atoms with van der Waals surface area (Å²) in [6.07, 6.45) is 6.15. The number of benzene rings is 1. The van der Waals surface area contributed by atoms with Crippen LogP contribution in [0.2, 0.25) is 0 Å². The molecular weight excluding hydrogens is 464 g/mol. The number of carbonyl (C=O) groups excluding carboxylic acids is 1. The zero-order valence-electron chi connectivity index (χ0n) is 20.4. The first kappa shape index (κ1) is 24.9. The molecule has 0 saturated carbocycles. The normalized spacial score (nSPS) is 18.6. The van der Waals surface area contributed by atoms with E-state index in [1.165, 1.54) is 11.8 Å². The number of hydrogen-bond donors (Lipinski definition) is 0. The fraction of sp³-hybridized carbons (Fsp3) is 0.500. The third-order valence-electron chi connectivity index (χ3n) is 6.70. The third-order valence-corrected chi connectivity index (χ3v) is 8.08. The Kier molecular flexibility index (Phi) is 8.11. The van der Waals surface area contributed by atoms with Crippen LogP contribution in [0.4, 0.5) is 5.69 Å². The molecule has 0 radical (unpaired) electrons. The second-order valence-corrected chi connectivity index (χ2v) is 10.7. The molecular formula is C26H34N4O2S2. The highest BCUT2D eigenvalue weighted by Gasteiger charge is 2.33. The summed E-state index contributed by atoms with van der Waals surface area (Å²) in [4.78, 5) is 33.9. The number of fused-ring (bicyclic) bond motifs is 1. The number of pyridine rings is 1. The van der Waals surface area contributed by atoms with E-state index in [0.717, 1.165) is 68.5 Å². The van der Waals surface area contributed by atoms with E-state index in [-0.39, 0.29) is 11.5 Å². The van der Waals surface area contributed by atoms with E-state index in [0.29, 0.717) is 27.9 Å². The fourth-order valence-corrected chi connectivity index (χ4v) is 6.04. The number of hydrogen-bond acceptors (Lipinski definition) is 6. The van der Waals surface area contributed by atoms with Gasteiger partial charge in [-0.1, -0.05) is 68.4 Å². The van der Waals surface area contributed by atoms with Gasteiger partial charge in [0.15, 0.2) is 0 Å². The lowest BCUT2D eigenvalue weighted by molar-refractivity contribution is -0.122. The van der Waals surface area contributed by atoms with Gasteiger partial charge in [0.25, 0.3) is 11.5 Å². The van der Waals surface area contributed by atoms with Gasteiger partial charge in [-0.3, -0.25) is 14.5 Å². The second-order valence-electron chi connectivity index (χ2n) is 9.01. The summed E-state index contributed by atoms with van der Waals surface area (Å²) in [5.74, 6) is -0.0774. The average Bonchev–Trinajstić information content (AvgIpc) is 3.10. The zero-order chi connectivity index (χ0) is 24.2. The van der Waals surface area contributed by atoms with Crippen LogP contribution in [0.1, 0.15) is 45.1 Å². The number of likely N-dealkylation sites (N-methyl/N-ethyl adjacent to an activating group) is 1. The van der Waals surface area contributed by atoms with Gasteiger partial charge in [-0.15, -0.1) is 0 Å². The van der Waals surface area contributed by atoms with E-state index >= 15 is 0 Å². The van der Waals surface area contributed by atoms with Crippen molar-refractivity contribution in [3.8, 4) is 0 Å². The molecule has 0 N–H and O–H groups in total. The Hall–Kier alpha value is -2.16. The Morgan fingerprint density at radius 2 is 1.76 bits per heavy atom. The summed E-state index contributed by atoms with van der Waals surface area (Å²) in [7, 11) is 2.12. The topological polar surface area (TPSA) is 48.8 Å². The minimum atomic E-state index is -0.0774. The van der Waals surface area contributed by atoms with Gasteiger partial charge in [0.2, 0.25) is 0 Å². The molecule has 3 heterocycles. The van der Waals surface area contributed by atoms with Crippen molar-refractivity contribution in [3.63, 3.8) is 0 Å². The number of thioether (sulfide) groups is 1. The largest absolute Gasteiger partial charge is 0.368 e. The number of rotatable bonds is 8. The Morgan fingerprint density at radius 1 is 1.03 bits per heavy atom. The minimum Gasteiger partial charge on any atom is -0.368 e. The van der Waals surface area contributed by atoms with Gasteiger partial charge in [0.1, 0.15) is 4.32 Å². The minimum absolute atomic E-state index is 0.0525. The van der Waals surface area contributed by atoms with Crippen LogP contribution in [0, 0.1) is 0 Å². The van der Waals surface area contributed by atoms with Crippen molar-refractivity contribution in [2.45, 2.75) is 46.1 Å². The molecule has 2 aliphatic heterocycles. The van der Waals surface area contributed by atoms with Crippen LogP contribution < -0.4 is 10.5 Å². The number of aryl methyl sites for hydroxylation is 1. The lowest BCUT2D eigenvalue weighted by atomic mass is 10.1. The van der Waals surface area contributed by atoms with Crippen LogP contribution in [0.15, 0.2) is 34.0 Å². The number of piperazine rings is 1. The molecule has 8 heteroatoms. The van der Waals surface area contributed by atoms with Gasteiger partial charge in [0.05, 0.1) is 21.7 Å². The second kappa shape index (κ2) is 11.1. The number of para-hydroxylation sites is 1. The molecule has 1 aromatic carbocycles. The summed E-state index contributed by atoms with van der Waals surface area (Å²) in [5, 5.41) is 1.05. The number of carbonyl (C=O) groups is 1. The average molecular weight is 499 g/mol. The van der Waals surface area contributed by atoms with Crippen LogP contribution in [0.3, 0.4) is 0 Å². The van der Waals surface area contributed by atoms with Gasteiger partial charge >= 0.3 is 0 Å². The maximum Gasteiger partial charge on any atom is 0.266 e. The molecule has 0 atom stereocenters. The van der Waals surface area contributed by atoms with Gasteiger partial charge in [-0.05, 0) is 32.5 Å². The smallest absolute Gasteiger partial charge is 0.266 e. The van der Waals surface area contributed by atoms with E-state index in [1.54, 1.807) is 11.0 Å². The Bertz CT molecular complexity index is 1170. The van der Waals surface area contributed by atoms with Gasteiger partial charge in [-0.2, -0.15) is 0 Å². The first-order valence-corrected chi connectivity index (χ1v) is 13.5. The highest BCUT2D eigenvalue weighted by molar-refractivity contribution is 8.26. The summed E-state index contributed by atoms with van der Waals surface area (Å²) in [6, 6.07) is 8.10. The van der Waals surface area contributed by atoms with Crippen molar-refractivity contribution < 1.29 is 4.79 Å². The van der Waals surface area contributed by atoms with Gasteiger partial charge < -0.3 is 14.4 Å². The van der Waals surface area contributed by atoms with Crippen molar-refractivity contribution in [1.82, 2.24) is 14.4 Å². The monoisotopic (exact) mass is 498 g/mol. The van der Waals surface area contributed by atoms with Crippen LogP contribution in [0.5, 0.6) is 0 Å². The standard InChI is InChI=1S/C26H34N4O2S2/c1-4-6-7-10-13-30-25(32)22(34-26(30)33)18-20-23(28-16-14-27(3)15-17-28)19-11-8-9-12-21(19)29(5-2)24(20)31/h8-9,11-12,18H,4-7,10,13-17H2,1-3H3. The predicted octanol–water partition coefficient (Wildman–Crippen LogP) is 4.55. The van der Waals surface area contributed by atoms with E-state index in [4.69, 9.17) is 12.2 Å². The summed E-state index contributed by atoms with van der Waals surface area (Å²) in [6.45, 7) is 8.93. The van der Waals surface area contributed by atoms with Crippen molar-refractivity contribution >= 4 is 56.9 Å². The Morgan fingerprint density at radius 3 is 2.47 bits per heavy atom. The molecule has 182 valence electrons. The fourth-order valence-electron chi connectivity index (χ4n) is 4.75. The van der Waals surface area contributed by atoms with Crippen molar-refractivity contribution in [3.05, 3.63) is 45.1 Å². The van der Waals surface area contributed by atoms with Crippen molar-refractivity contribution in [2.75, 3.05) is 44.7 Å². The van der Waals surface area contributed by atoms with Crippen molar-refractivity contribution in [1.29, 1.82) is 0 Å². The molecule has 0 aliphatic carbocycles. The van der Waals surface area contributed by atoms with Crippen LogP contribution in [-0.4, -0.2) is 64.4 Å². The maximum atomic E-state index is 13.8. The molecule has 2 saturated heterocycles. The summed E-state index contributed by atoms with van der Waals surface area (Å²) >= 11 is 6.86. The molecule has 0 spiro atoms. The molecule has 1 aromatic heterocycles. The predicted molar refractivity (Wildman–Crippen MR) is 148 cm³/mol. The molecule has 2 fully saturated rings. The molecule has 4 rings (SSSR count). The summed E-state index contributed by atoms with van der Waals surface area (Å²) < 4.78 is 2.40. The molecule has 0 bridgehead atoms. The van der Waals surface area contributed by atoms with Gasteiger partial charge in [-0.25, -0.2) is 0 Å². The first-order chi connectivity index (χ1) is 16.5. The Balaban J connectivity index is 1.79. The lowest BCUT2D eigenvalue weighted by Crippen LogP contribution is -2.45. The number of unbranched alkanes of at least 4 members (excludes halogenated alkanes) is 3. The van der Waals surface area contributed by atoms with E-state index in [1.807, 2.05) is 29.7 Å². The number of aromatic nitrogens is 1. The first-order valence-electron chi connectivity index (χ1n) is 12.3. The third kappa shape index (κ3) is 4.95. The van der Waals surface area contributed by atoms with E-state index < -0.39 is 0 Å². The Labute approximate surface area is 211 Å². The highest BCUT2D eigenvalue weighted by atomic mass is 32.2. The molecule has 1 amide bonds. The number of nitrogens with zero attached hydrogens (tertiary/aromatic N) is 4. The number of amides is 1. The number of anilines is 1. The molecule has 2 aromatic rings. The van der Waals surface area contributed by atoms with Gasteiger partial charge in [0, 0.05) is 44.7 Å². The molecule has 34 heavy (non-hydrogen) atoms. The van der Waals surface area contributed by atoms with Crippen LogP contribution >= 0.6 is 24.0 Å². The molecule has 0 unspecified atom stereocenters. The maximum absolute atomic E-state index is 13.8. The van der Waals surface area contributed by atoms with E-state index in [2.05, 4.69) is 29.8 Å². The van der Waals surface area contributed by atoms with E-state index in [9.17, 15) is 9.59 Å². The van der Waals surface area contributed by atoms with Crippen LogP contribution in [0.25, 0.3) is 17.0 Å². The number of thiocarbonyl (C=S) groups is 1. The zero-order valence-corrected chi connectivity index (χ0v) is 22.0. The summed E-state index contributed by atoms with van der Waals surface area (Å²) in [5.41, 5.74) is 2.41. The van der Waals surface area contributed by atoms with Crippen molar-refractivity contribution in [2.24, 2.45) is 0 Å². The van der Waals surface area contributed by atoms with Crippen LogP contribution in [-0.2, 0) is 11.3 Å². The molecule has 6 nitrogen and oxygen atoms in total. The molecule has 2 aliphatic rings. The SMILES string of the molecule is CCCCCCN1C(=O)C(=Cc2c(N3CCN(C)CC3)c3ccccc3n(CC)c2=O)SC1=S. The quantitative estimate of drug-likeness (QED) is 0.302.